The summed E-state index contributed by atoms with van der Waals surface area (Å²) in [5.41, 5.74) is 4.01. The second-order valence-corrected chi connectivity index (χ2v) is 11.6. The molecule has 0 bridgehead atoms. The number of amides is 2. The standard InChI is InChI=1S/C30H27ClF3N5O5/c1-29(27(35)41)13-44-25-18(29)10-22(37-24(25)14-3-6-19(31)20(32)8-14)30(42,17-4-5-17)12-36-26(40)15-7-16-11-39(28(33)34)38-23(16)21(9-15)43-2/h3,6-11,17,28,42H,4-5,12-13H2,1-2H3,(H2,35,41)(H,36,40)/t29-,30+/m0/s1. The number of nitrogens with zero attached hydrogens (tertiary/aromatic N) is 3. The van der Waals surface area contributed by atoms with Crippen LogP contribution in [0.2, 0.25) is 5.02 Å². The van der Waals surface area contributed by atoms with Crippen LogP contribution in [0.5, 0.6) is 11.5 Å². The lowest BCUT2D eigenvalue weighted by Gasteiger charge is -2.30. The summed E-state index contributed by atoms with van der Waals surface area (Å²) >= 11 is 5.90. The van der Waals surface area contributed by atoms with Gasteiger partial charge in [0.1, 0.15) is 46.1 Å². The predicted octanol–water partition coefficient (Wildman–Crippen LogP) is 4.46. The second kappa shape index (κ2) is 10.7. The first-order valence-electron chi connectivity index (χ1n) is 13.7. The van der Waals surface area contributed by atoms with Gasteiger partial charge in [0.05, 0.1) is 24.4 Å². The van der Waals surface area contributed by atoms with Crippen LogP contribution in [0.4, 0.5) is 13.2 Å². The first-order valence-corrected chi connectivity index (χ1v) is 14.0. The average Bonchev–Trinajstić information content (AvgIpc) is 3.68. The molecule has 2 aromatic carbocycles. The van der Waals surface area contributed by atoms with E-state index in [1.54, 1.807) is 19.1 Å². The highest BCUT2D eigenvalue weighted by atomic mass is 35.5. The Morgan fingerprint density at radius 2 is 2.05 bits per heavy atom. The average molecular weight is 630 g/mol. The number of hydrogen-bond acceptors (Lipinski definition) is 7. The van der Waals surface area contributed by atoms with Crippen molar-refractivity contribution in [3.8, 4) is 22.8 Å². The van der Waals surface area contributed by atoms with E-state index in [-0.39, 0.29) is 63.4 Å². The molecule has 4 N–H and O–H groups in total. The van der Waals surface area contributed by atoms with Gasteiger partial charge in [0.25, 0.3) is 5.91 Å². The fourth-order valence-corrected chi connectivity index (χ4v) is 5.60. The number of aliphatic hydroxyl groups is 1. The highest BCUT2D eigenvalue weighted by molar-refractivity contribution is 6.30. The Kier molecular flexibility index (Phi) is 7.20. The van der Waals surface area contributed by atoms with Gasteiger partial charge in [-0.05, 0) is 56.0 Å². The number of primary amides is 1. The molecular weight excluding hydrogens is 603 g/mol. The number of aromatic nitrogens is 3. The van der Waals surface area contributed by atoms with Crippen molar-refractivity contribution in [1.82, 2.24) is 20.1 Å². The number of halogens is 4. The summed E-state index contributed by atoms with van der Waals surface area (Å²) in [6.45, 7) is -1.65. The Morgan fingerprint density at radius 1 is 1.30 bits per heavy atom. The highest BCUT2D eigenvalue weighted by Crippen LogP contribution is 2.50. The third-order valence-electron chi connectivity index (χ3n) is 8.30. The molecular formula is C30H27ClF3N5O5. The fraction of sp³-hybridized carbons (Fsp3) is 0.333. The number of hydrogen-bond donors (Lipinski definition) is 3. The van der Waals surface area contributed by atoms with E-state index in [2.05, 4.69) is 10.4 Å². The summed E-state index contributed by atoms with van der Waals surface area (Å²) in [6.07, 6.45) is 2.37. The zero-order chi connectivity index (χ0) is 31.6. The van der Waals surface area contributed by atoms with E-state index < -0.39 is 35.2 Å². The largest absolute Gasteiger partial charge is 0.494 e. The van der Waals surface area contributed by atoms with Crippen LogP contribution in [-0.4, -0.2) is 51.9 Å². The summed E-state index contributed by atoms with van der Waals surface area (Å²) in [7, 11) is 1.33. The van der Waals surface area contributed by atoms with E-state index in [0.29, 0.717) is 28.7 Å². The topological polar surface area (TPSA) is 142 Å². The van der Waals surface area contributed by atoms with Gasteiger partial charge in [0.15, 0.2) is 0 Å². The zero-order valence-electron chi connectivity index (χ0n) is 23.5. The van der Waals surface area contributed by atoms with E-state index in [9.17, 15) is 27.9 Å². The molecule has 2 atom stereocenters. The molecule has 4 aromatic rings. The first-order chi connectivity index (χ1) is 20.9. The van der Waals surface area contributed by atoms with Gasteiger partial charge < -0.3 is 25.6 Å². The lowest BCUT2D eigenvalue weighted by Crippen LogP contribution is -2.44. The van der Waals surface area contributed by atoms with E-state index >= 15 is 0 Å². The summed E-state index contributed by atoms with van der Waals surface area (Å²) in [4.78, 5) is 30.6. The van der Waals surface area contributed by atoms with Crippen LogP contribution >= 0.6 is 11.6 Å². The van der Waals surface area contributed by atoms with Gasteiger partial charge in [-0.3, -0.25) is 9.59 Å². The third kappa shape index (κ3) is 4.89. The molecule has 1 fully saturated rings. The van der Waals surface area contributed by atoms with E-state index in [4.69, 9.17) is 31.8 Å². The Morgan fingerprint density at radius 3 is 2.68 bits per heavy atom. The zero-order valence-corrected chi connectivity index (χ0v) is 24.3. The molecule has 2 aliphatic rings. The van der Waals surface area contributed by atoms with E-state index in [1.807, 2.05) is 0 Å². The molecule has 6 rings (SSSR count). The molecule has 3 heterocycles. The van der Waals surface area contributed by atoms with Crippen LogP contribution in [0, 0.1) is 11.7 Å². The number of carbonyl (C=O) groups excluding carboxylic acids is 2. The minimum atomic E-state index is -2.88. The number of rotatable bonds is 9. The Labute approximate surface area is 253 Å². The van der Waals surface area contributed by atoms with E-state index in [1.165, 1.54) is 31.4 Å². The number of pyridine rings is 1. The van der Waals surface area contributed by atoms with Gasteiger partial charge in [0, 0.05) is 28.3 Å². The van der Waals surface area contributed by atoms with Crippen molar-refractivity contribution in [1.29, 1.82) is 0 Å². The van der Waals surface area contributed by atoms with Crippen LogP contribution in [-0.2, 0) is 15.8 Å². The number of alkyl halides is 2. The van der Waals surface area contributed by atoms with Gasteiger partial charge in [-0.1, -0.05) is 17.7 Å². The third-order valence-corrected chi connectivity index (χ3v) is 8.60. The molecule has 230 valence electrons. The molecule has 1 saturated carbocycles. The van der Waals surface area contributed by atoms with Gasteiger partial charge in [-0.15, -0.1) is 0 Å². The van der Waals surface area contributed by atoms with Crippen molar-refractivity contribution in [3.05, 3.63) is 70.3 Å². The molecule has 0 saturated heterocycles. The first kappa shape index (κ1) is 29.7. The normalized spacial score (nSPS) is 19.0. The summed E-state index contributed by atoms with van der Waals surface area (Å²) < 4.78 is 52.6. The van der Waals surface area contributed by atoms with Gasteiger partial charge in [-0.2, -0.15) is 13.9 Å². The minimum Gasteiger partial charge on any atom is -0.494 e. The maximum absolute atomic E-state index is 14.5. The number of nitrogens with two attached hydrogens (primary N) is 1. The molecule has 2 amide bonds. The predicted molar refractivity (Wildman–Crippen MR) is 153 cm³/mol. The van der Waals surface area contributed by atoms with Gasteiger partial charge in [-0.25, -0.2) is 14.1 Å². The molecule has 2 aromatic heterocycles. The number of methoxy groups -OCH3 is 1. The Balaban J connectivity index is 1.39. The van der Waals surface area contributed by atoms with Crippen molar-refractivity contribution >= 4 is 34.3 Å². The van der Waals surface area contributed by atoms with Crippen LogP contribution in [0.15, 0.2) is 42.6 Å². The van der Waals surface area contributed by atoms with Crippen LogP contribution in [0.25, 0.3) is 22.2 Å². The number of fused-ring (bicyclic) bond motifs is 2. The lowest BCUT2D eigenvalue weighted by molar-refractivity contribution is -0.123. The highest BCUT2D eigenvalue weighted by Gasteiger charge is 2.50. The molecule has 14 heteroatoms. The van der Waals surface area contributed by atoms with Gasteiger partial charge in [0.2, 0.25) is 5.91 Å². The summed E-state index contributed by atoms with van der Waals surface area (Å²) in [5, 5.41) is 18.8. The van der Waals surface area contributed by atoms with Crippen LogP contribution < -0.4 is 20.5 Å². The Bertz CT molecular complexity index is 1830. The molecule has 44 heavy (non-hydrogen) atoms. The monoisotopic (exact) mass is 629 g/mol. The van der Waals surface area contributed by atoms with Crippen molar-refractivity contribution < 1.29 is 37.3 Å². The van der Waals surface area contributed by atoms with Crippen molar-refractivity contribution in [3.63, 3.8) is 0 Å². The van der Waals surface area contributed by atoms with Gasteiger partial charge >= 0.3 is 6.55 Å². The summed E-state index contributed by atoms with van der Waals surface area (Å²) in [5.74, 6) is -1.92. The smallest absolute Gasteiger partial charge is 0.333 e. The fourth-order valence-electron chi connectivity index (χ4n) is 5.48. The maximum atomic E-state index is 14.5. The van der Waals surface area contributed by atoms with Crippen molar-refractivity contribution in [2.75, 3.05) is 20.3 Å². The SMILES string of the molecule is COc1cc(C(=O)NC[C@](O)(c2cc3c(c(-c4ccc(Cl)c(F)c4)n2)OC[C@]3(C)C(N)=O)C2CC2)cc2cn(C(F)F)nc12. The number of benzene rings is 2. The molecule has 0 radical (unpaired) electrons. The van der Waals surface area contributed by atoms with Crippen molar-refractivity contribution in [2.45, 2.75) is 37.3 Å². The molecule has 1 aliphatic carbocycles. The van der Waals surface area contributed by atoms with Crippen molar-refractivity contribution in [2.24, 2.45) is 11.7 Å². The number of nitrogens with one attached hydrogen (secondary N) is 1. The molecule has 0 spiro atoms. The molecule has 1 aliphatic heterocycles. The Hall–Kier alpha value is -4.36. The maximum Gasteiger partial charge on any atom is 0.333 e. The lowest BCUT2D eigenvalue weighted by atomic mass is 9.81. The number of carbonyl (C=O) groups is 2. The van der Waals surface area contributed by atoms with E-state index in [0.717, 1.165) is 6.20 Å². The minimum absolute atomic E-state index is 0.0864. The second-order valence-electron chi connectivity index (χ2n) is 11.2. The number of ether oxygens (including phenoxy) is 2. The quantitative estimate of drug-likeness (QED) is 0.248. The van der Waals surface area contributed by atoms with Crippen LogP contribution in [0.3, 0.4) is 0 Å². The molecule has 10 nitrogen and oxygen atoms in total. The molecule has 0 unspecified atom stereocenters. The summed E-state index contributed by atoms with van der Waals surface area (Å²) in [6, 6.07) is 8.38. The van der Waals surface area contributed by atoms with Crippen LogP contribution in [0.1, 0.15) is 47.9 Å².